The van der Waals surface area contributed by atoms with Gasteiger partial charge in [-0.1, -0.05) is 29.4 Å². The summed E-state index contributed by atoms with van der Waals surface area (Å²) in [5.41, 5.74) is 5.89. The second kappa shape index (κ2) is 6.12. The largest absolute Gasteiger partial charge is 0.329 e. The number of nitrogens with two attached hydrogens (primary N) is 1. The number of hydrogen-bond acceptors (Lipinski definition) is 5. The van der Waals surface area contributed by atoms with Gasteiger partial charge in [-0.05, 0) is 22.6 Å². The van der Waals surface area contributed by atoms with Crippen LogP contribution in [0.4, 0.5) is 4.39 Å². The van der Waals surface area contributed by atoms with E-state index in [-0.39, 0.29) is 5.82 Å². The molecule has 0 bridgehead atoms. The third kappa shape index (κ3) is 2.98. The predicted molar refractivity (Wildman–Crippen MR) is 67.8 cm³/mol. The molecule has 1 heterocycles. The van der Waals surface area contributed by atoms with Crippen molar-refractivity contribution in [1.82, 2.24) is 20.2 Å². The molecule has 0 saturated carbocycles. The second-order valence-electron chi connectivity index (χ2n) is 3.46. The van der Waals surface area contributed by atoms with Gasteiger partial charge >= 0.3 is 0 Å². The number of hydrogen-bond donors (Lipinski definition) is 1. The van der Waals surface area contributed by atoms with Crippen molar-refractivity contribution in [3.8, 4) is 0 Å². The molecule has 8 heteroatoms. The average molecular weight is 288 g/mol. The lowest BCUT2D eigenvalue weighted by molar-refractivity contribution is 0.556. The Morgan fingerprint density at radius 3 is 3.00 bits per heavy atom. The zero-order valence-electron chi connectivity index (χ0n) is 9.38. The van der Waals surface area contributed by atoms with Crippen LogP contribution in [0.2, 0.25) is 5.02 Å². The van der Waals surface area contributed by atoms with Gasteiger partial charge in [0, 0.05) is 22.9 Å². The molecular weight excluding hydrogens is 277 g/mol. The van der Waals surface area contributed by atoms with Crippen LogP contribution in [0.3, 0.4) is 0 Å². The fraction of sp³-hybridized carbons (Fsp3) is 0.300. The fourth-order valence-corrected chi connectivity index (χ4v) is 2.62. The van der Waals surface area contributed by atoms with Crippen molar-refractivity contribution in [3.63, 3.8) is 0 Å². The van der Waals surface area contributed by atoms with Crippen LogP contribution in [0.25, 0.3) is 0 Å². The van der Waals surface area contributed by atoms with Crippen molar-refractivity contribution >= 4 is 23.4 Å². The Kier molecular flexibility index (Phi) is 4.51. The molecule has 0 amide bonds. The smallest absolute Gasteiger partial charge is 0.209 e. The van der Waals surface area contributed by atoms with E-state index in [4.69, 9.17) is 17.3 Å². The Balaban J connectivity index is 2.09. The monoisotopic (exact) mass is 287 g/mol. The molecule has 0 radical (unpaired) electrons. The van der Waals surface area contributed by atoms with Crippen molar-refractivity contribution in [2.24, 2.45) is 5.73 Å². The van der Waals surface area contributed by atoms with Gasteiger partial charge in [0.1, 0.15) is 5.82 Å². The van der Waals surface area contributed by atoms with Crippen LogP contribution in [0, 0.1) is 5.82 Å². The standard InChI is InChI=1S/C10H11ClFN5S/c11-8-2-1-3-9(12)7(8)6-18-10-14-15-16-17(10)5-4-13/h1-3H,4-6,13H2. The summed E-state index contributed by atoms with van der Waals surface area (Å²) >= 11 is 7.26. The molecule has 18 heavy (non-hydrogen) atoms. The van der Waals surface area contributed by atoms with Gasteiger partial charge in [0.2, 0.25) is 5.16 Å². The van der Waals surface area contributed by atoms with Crippen molar-refractivity contribution < 1.29 is 4.39 Å². The van der Waals surface area contributed by atoms with Gasteiger partial charge in [-0.2, -0.15) is 0 Å². The molecule has 0 unspecified atom stereocenters. The molecule has 2 aromatic rings. The lowest BCUT2D eigenvalue weighted by Crippen LogP contribution is -2.12. The van der Waals surface area contributed by atoms with Crippen molar-refractivity contribution in [3.05, 3.63) is 34.6 Å². The quantitative estimate of drug-likeness (QED) is 0.848. The molecule has 2 rings (SSSR count). The van der Waals surface area contributed by atoms with Gasteiger partial charge in [-0.3, -0.25) is 0 Å². The lowest BCUT2D eigenvalue weighted by atomic mass is 10.2. The van der Waals surface area contributed by atoms with E-state index in [0.717, 1.165) is 0 Å². The van der Waals surface area contributed by atoms with Gasteiger partial charge in [0.25, 0.3) is 0 Å². The minimum absolute atomic E-state index is 0.326. The summed E-state index contributed by atoms with van der Waals surface area (Å²) in [7, 11) is 0. The minimum Gasteiger partial charge on any atom is -0.329 e. The molecule has 0 spiro atoms. The Morgan fingerprint density at radius 2 is 2.28 bits per heavy atom. The first kappa shape index (κ1) is 13.3. The molecule has 0 atom stereocenters. The fourth-order valence-electron chi connectivity index (χ4n) is 1.37. The highest BCUT2D eigenvalue weighted by Crippen LogP contribution is 2.26. The van der Waals surface area contributed by atoms with Crippen LogP contribution in [0.15, 0.2) is 23.4 Å². The minimum atomic E-state index is -0.326. The van der Waals surface area contributed by atoms with Crippen molar-refractivity contribution in [2.75, 3.05) is 6.54 Å². The summed E-state index contributed by atoms with van der Waals surface area (Å²) in [6.45, 7) is 0.972. The molecule has 96 valence electrons. The van der Waals surface area contributed by atoms with E-state index in [1.54, 1.807) is 16.8 Å². The number of rotatable bonds is 5. The molecule has 0 saturated heterocycles. The lowest BCUT2D eigenvalue weighted by Gasteiger charge is -2.05. The second-order valence-corrected chi connectivity index (χ2v) is 4.81. The molecule has 0 aliphatic rings. The van der Waals surface area contributed by atoms with E-state index in [0.29, 0.717) is 34.6 Å². The summed E-state index contributed by atoms with van der Waals surface area (Å²) in [6, 6.07) is 4.61. The van der Waals surface area contributed by atoms with Crippen molar-refractivity contribution in [1.29, 1.82) is 0 Å². The van der Waals surface area contributed by atoms with E-state index < -0.39 is 0 Å². The highest BCUT2D eigenvalue weighted by Gasteiger charge is 2.11. The van der Waals surface area contributed by atoms with Crippen LogP contribution >= 0.6 is 23.4 Å². The molecule has 0 aliphatic carbocycles. The van der Waals surface area contributed by atoms with Gasteiger partial charge < -0.3 is 5.73 Å². The maximum Gasteiger partial charge on any atom is 0.209 e. The van der Waals surface area contributed by atoms with Gasteiger partial charge in [-0.25, -0.2) is 9.07 Å². The molecule has 0 fully saturated rings. The van der Waals surface area contributed by atoms with Gasteiger partial charge in [0.05, 0.1) is 6.54 Å². The normalized spacial score (nSPS) is 10.8. The van der Waals surface area contributed by atoms with E-state index in [9.17, 15) is 4.39 Å². The van der Waals surface area contributed by atoms with Crippen LogP contribution in [-0.4, -0.2) is 26.8 Å². The zero-order chi connectivity index (χ0) is 13.0. The highest BCUT2D eigenvalue weighted by atomic mass is 35.5. The Morgan fingerprint density at radius 1 is 1.44 bits per heavy atom. The molecular formula is C10H11ClFN5S. The molecule has 1 aromatic heterocycles. The number of aromatic nitrogens is 4. The SMILES string of the molecule is NCCn1nnnc1SCc1c(F)cccc1Cl. The van der Waals surface area contributed by atoms with Crippen LogP contribution < -0.4 is 5.73 Å². The number of tetrazole rings is 1. The van der Waals surface area contributed by atoms with E-state index in [1.165, 1.54) is 17.8 Å². The molecule has 1 aromatic carbocycles. The van der Waals surface area contributed by atoms with Crippen molar-refractivity contribution in [2.45, 2.75) is 17.5 Å². The maximum atomic E-state index is 13.6. The number of halogens is 2. The average Bonchev–Trinajstić information content (AvgIpc) is 2.77. The first-order chi connectivity index (χ1) is 8.72. The first-order valence-corrected chi connectivity index (χ1v) is 6.60. The summed E-state index contributed by atoms with van der Waals surface area (Å²) in [5, 5.41) is 12.2. The van der Waals surface area contributed by atoms with Crippen LogP contribution in [-0.2, 0) is 12.3 Å². The Labute approximate surface area is 112 Å². The van der Waals surface area contributed by atoms with Crippen LogP contribution in [0.1, 0.15) is 5.56 Å². The van der Waals surface area contributed by atoms with E-state index in [2.05, 4.69) is 15.5 Å². The van der Waals surface area contributed by atoms with Crippen LogP contribution in [0.5, 0.6) is 0 Å². The number of nitrogens with zero attached hydrogens (tertiary/aromatic N) is 4. The third-order valence-corrected chi connectivity index (χ3v) is 3.58. The third-order valence-electron chi connectivity index (χ3n) is 2.25. The summed E-state index contributed by atoms with van der Waals surface area (Å²) < 4.78 is 15.1. The summed E-state index contributed by atoms with van der Waals surface area (Å²) in [4.78, 5) is 0. The Bertz CT molecular complexity index is 512. The summed E-state index contributed by atoms with van der Waals surface area (Å²) in [5.74, 6) is 0.0454. The topological polar surface area (TPSA) is 69.6 Å². The van der Waals surface area contributed by atoms with E-state index >= 15 is 0 Å². The zero-order valence-corrected chi connectivity index (χ0v) is 11.0. The Hall–Kier alpha value is -1.18. The van der Waals surface area contributed by atoms with Gasteiger partial charge in [-0.15, -0.1) is 5.10 Å². The van der Waals surface area contributed by atoms with E-state index in [1.807, 2.05) is 0 Å². The summed E-state index contributed by atoms with van der Waals surface area (Å²) in [6.07, 6.45) is 0. The number of thioether (sulfide) groups is 1. The molecule has 0 aliphatic heterocycles. The predicted octanol–water partition coefficient (Wildman–Crippen LogP) is 1.72. The number of benzene rings is 1. The maximum absolute atomic E-state index is 13.6. The first-order valence-electron chi connectivity index (χ1n) is 5.24. The molecule has 2 N–H and O–H groups in total. The highest BCUT2D eigenvalue weighted by molar-refractivity contribution is 7.98. The van der Waals surface area contributed by atoms with Gasteiger partial charge in [0.15, 0.2) is 0 Å². The molecule has 5 nitrogen and oxygen atoms in total.